The Morgan fingerprint density at radius 2 is 1.67 bits per heavy atom. The van der Waals surface area contributed by atoms with E-state index in [1.54, 1.807) is 30.3 Å². The van der Waals surface area contributed by atoms with Crippen molar-refractivity contribution in [1.82, 2.24) is 0 Å². The number of benzene rings is 2. The summed E-state index contributed by atoms with van der Waals surface area (Å²) in [6.07, 6.45) is 0. The summed E-state index contributed by atoms with van der Waals surface area (Å²) in [6, 6.07) is 14.0. The molecule has 0 bridgehead atoms. The fourth-order valence-electron chi connectivity index (χ4n) is 2.49. The predicted octanol–water partition coefficient (Wildman–Crippen LogP) is 4.03. The van der Waals surface area contributed by atoms with Crippen molar-refractivity contribution in [1.29, 1.82) is 0 Å². The molecule has 0 aliphatic heterocycles. The van der Waals surface area contributed by atoms with E-state index in [0.29, 0.717) is 16.1 Å². The molecule has 1 aromatic heterocycles. The molecule has 2 aromatic carbocycles. The maximum atomic E-state index is 12.4. The number of anilines is 1. The monoisotopic (exact) mass is 467 g/mol. The van der Waals surface area contributed by atoms with Crippen LogP contribution in [0.4, 0.5) is 5.69 Å². The summed E-state index contributed by atoms with van der Waals surface area (Å²) < 4.78 is 32.3. The van der Waals surface area contributed by atoms with Crippen LogP contribution in [-0.4, -0.2) is 37.2 Å². The molecule has 0 spiro atoms. The maximum absolute atomic E-state index is 12.4. The molecule has 0 fully saturated rings. The minimum Gasteiger partial charge on any atom is -0.479 e. The number of ether oxygens (including phenoxy) is 1. The number of sulfonamides is 1. The zero-order chi connectivity index (χ0) is 21.9. The van der Waals surface area contributed by atoms with E-state index in [1.807, 2.05) is 0 Å². The highest BCUT2D eigenvalue weighted by Crippen LogP contribution is 2.45. The van der Waals surface area contributed by atoms with Gasteiger partial charge in [0.25, 0.3) is 10.0 Å². The van der Waals surface area contributed by atoms with Crippen LogP contribution in [0.15, 0.2) is 59.5 Å². The maximum Gasteiger partial charge on any atom is 0.349 e. The number of carboxylic acids is 2. The van der Waals surface area contributed by atoms with Gasteiger partial charge in [-0.2, -0.15) is 0 Å². The molecule has 0 aliphatic carbocycles. The molecule has 3 N–H and O–H groups in total. The average molecular weight is 468 g/mol. The molecule has 30 heavy (non-hydrogen) atoms. The molecule has 8 nitrogen and oxygen atoms in total. The minimum absolute atomic E-state index is 0.0312. The van der Waals surface area contributed by atoms with Gasteiger partial charge in [0.2, 0.25) is 0 Å². The van der Waals surface area contributed by atoms with Crippen LogP contribution in [0.25, 0.3) is 10.4 Å². The number of nitrogens with one attached hydrogen (secondary N) is 1. The van der Waals surface area contributed by atoms with Gasteiger partial charge in [-0.1, -0.05) is 41.9 Å². The highest BCUT2D eigenvalue weighted by atomic mass is 35.5. The lowest BCUT2D eigenvalue weighted by atomic mass is 10.1. The second-order valence-electron chi connectivity index (χ2n) is 5.89. The Bertz CT molecular complexity index is 1190. The lowest BCUT2D eigenvalue weighted by Crippen LogP contribution is -2.12. The highest BCUT2D eigenvalue weighted by molar-refractivity contribution is 7.92. The summed E-state index contributed by atoms with van der Waals surface area (Å²) in [7, 11) is -3.76. The number of thiophene rings is 1. The molecule has 156 valence electrons. The lowest BCUT2D eigenvalue weighted by molar-refractivity contribution is -0.139. The number of rotatable bonds is 8. The van der Waals surface area contributed by atoms with Crippen LogP contribution >= 0.6 is 22.9 Å². The first-order valence-electron chi connectivity index (χ1n) is 8.27. The van der Waals surface area contributed by atoms with Crippen molar-refractivity contribution in [2.75, 3.05) is 11.3 Å². The molecule has 0 radical (unpaired) electrons. The van der Waals surface area contributed by atoms with Gasteiger partial charge in [0.15, 0.2) is 17.2 Å². The number of halogens is 1. The van der Waals surface area contributed by atoms with Crippen molar-refractivity contribution in [2.24, 2.45) is 0 Å². The molecule has 0 aliphatic rings. The quantitative estimate of drug-likeness (QED) is 0.456. The third kappa shape index (κ3) is 4.73. The van der Waals surface area contributed by atoms with Gasteiger partial charge in [-0.05, 0) is 29.8 Å². The van der Waals surface area contributed by atoms with Gasteiger partial charge in [0.1, 0.15) is 5.02 Å². The van der Waals surface area contributed by atoms with E-state index in [-0.39, 0.29) is 20.5 Å². The molecule has 11 heteroatoms. The first-order valence-corrected chi connectivity index (χ1v) is 11.0. The van der Waals surface area contributed by atoms with Crippen molar-refractivity contribution < 1.29 is 33.0 Å². The van der Waals surface area contributed by atoms with Crippen LogP contribution < -0.4 is 9.46 Å². The smallest absolute Gasteiger partial charge is 0.349 e. The third-order valence-electron chi connectivity index (χ3n) is 3.80. The zero-order valence-electron chi connectivity index (χ0n) is 15.0. The summed E-state index contributed by atoms with van der Waals surface area (Å²) in [5.74, 6) is -2.80. The molecule has 0 saturated heterocycles. The summed E-state index contributed by atoms with van der Waals surface area (Å²) in [4.78, 5) is 22.4. The van der Waals surface area contributed by atoms with Gasteiger partial charge in [-0.25, -0.2) is 18.0 Å². The van der Waals surface area contributed by atoms with E-state index in [1.165, 1.54) is 24.3 Å². The van der Waals surface area contributed by atoms with Gasteiger partial charge in [-0.15, -0.1) is 11.3 Å². The van der Waals surface area contributed by atoms with Crippen molar-refractivity contribution >= 4 is 50.6 Å². The molecule has 0 unspecified atom stereocenters. The van der Waals surface area contributed by atoms with Crippen molar-refractivity contribution in [3.05, 3.63) is 64.5 Å². The fraction of sp³-hybridized carbons (Fsp3) is 0.0526. The molecule has 0 amide bonds. The summed E-state index contributed by atoms with van der Waals surface area (Å²) in [5, 5.41) is 18.1. The Hall–Kier alpha value is -3.08. The number of hydrogen-bond acceptors (Lipinski definition) is 6. The molecule has 3 aromatic rings. The summed E-state index contributed by atoms with van der Waals surface area (Å²) in [5.41, 5.74) is 0.816. The Morgan fingerprint density at radius 3 is 2.23 bits per heavy atom. The van der Waals surface area contributed by atoms with Gasteiger partial charge < -0.3 is 14.9 Å². The zero-order valence-corrected chi connectivity index (χ0v) is 17.4. The van der Waals surface area contributed by atoms with Gasteiger partial charge in [-0.3, -0.25) is 4.72 Å². The predicted molar refractivity (Wildman–Crippen MR) is 112 cm³/mol. The first-order chi connectivity index (χ1) is 14.2. The van der Waals surface area contributed by atoms with E-state index in [4.69, 9.17) is 21.4 Å². The van der Waals surface area contributed by atoms with Crippen molar-refractivity contribution in [2.45, 2.75) is 4.90 Å². The summed E-state index contributed by atoms with van der Waals surface area (Å²) >= 11 is 7.06. The molecule has 1 heterocycles. The third-order valence-corrected chi connectivity index (χ3v) is 6.87. The average Bonchev–Trinajstić information content (AvgIpc) is 3.04. The molecular weight excluding hydrogens is 454 g/mol. The SMILES string of the molecule is O=C(O)COc1c(C(=O)O)sc(-c2ccc(NS(=O)(=O)c3ccccc3)cc2)c1Cl. The van der Waals surface area contributed by atoms with Crippen LogP contribution in [0, 0.1) is 0 Å². The van der Waals surface area contributed by atoms with E-state index in [2.05, 4.69) is 4.72 Å². The van der Waals surface area contributed by atoms with Crippen molar-refractivity contribution in [3.63, 3.8) is 0 Å². The Balaban J connectivity index is 1.88. The van der Waals surface area contributed by atoms with Gasteiger partial charge >= 0.3 is 11.9 Å². The van der Waals surface area contributed by atoms with Crippen LogP contribution in [0.2, 0.25) is 5.02 Å². The van der Waals surface area contributed by atoms with Crippen LogP contribution in [-0.2, 0) is 14.8 Å². The van der Waals surface area contributed by atoms with E-state index in [0.717, 1.165) is 11.3 Å². The van der Waals surface area contributed by atoms with Crippen molar-refractivity contribution in [3.8, 4) is 16.2 Å². The first kappa shape index (κ1) is 21.6. The fourth-order valence-corrected chi connectivity index (χ4v) is 4.98. The summed E-state index contributed by atoms with van der Waals surface area (Å²) in [6.45, 7) is -0.740. The number of hydrogen-bond donors (Lipinski definition) is 3. The normalized spacial score (nSPS) is 11.1. The number of aromatic carboxylic acids is 1. The Labute approximate surface area is 180 Å². The van der Waals surface area contributed by atoms with Crippen LogP contribution in [0.3, 0.4) is 0 Å². The highest BCUT2D eigenvalue weighted by Gasteiger charge is 2.24. The Kier molecular flexibility index (Phi) is 6.30. The topological polar surface area (TPSA) is 130 Å². The Morgan fingerprint density at radius 1 is 1.03 bits per heavy atom. The number of carboxylic acid groups (broad SMARTS) is 2. The number of aliphatic carboxylic acids is 1. The van der Waals surface area contributed by atoms with E-state index < -0.39 is 28.6 Å². The molecular formula is C19H14ClNO7S2. The van der Waals surface area contributed by atoms with Gasteiger partial charge in [0, 0.05) is 5.69 Å². The molecule has 3 rings (SSSR count). The molecule has 0 atom stereocenters. The van der Waals surface area contributed by atoms with Crippen LogP contribution in [0.5, 0.6) is 5.75 Å². The second-order valence-corrected chi connectivity index (χ2v) is 8.97. The second kappa shape index (κ2) is 8.74. The standard InChI is InChI=1S/C19H14ClNO7S2/c20-15-16(28-10-14(22)23)18(19(24)25)29-17(15)11-6-8-12(9-7-11)21-30(26,27)13-4-2-1-3-5-13/h1-9,21H,10H2,(H,22,23)(H,24,25). The van der Waals surface area contributed by atoms with Gasteiger partial charge in [0.05, 0.1) is 9.77 Å². The van der Waals surface area contributed by atoms with Crippen LogP contribution in [0.1, 0.15) is 9.67 Å². The largest absolute Gasteiger partial charge is 0.479 e. The molecule has 0 saturated carbocycles. The minimum atomic E-state index is -3.76. The number of carbonyl (C=O) groups is 2. The lowest BCUT2D eigenvalue weighted by Gasteiger charge is -2.08. The van der Waals surface area contributed by atoms with E-state index in [9.17, 15) is 23.1 Å². The van der Waals surface area contributed by atoms with E-state index >= 15 is 0 Å².